The lowest BCUT2D eigenvalue weighted by Gasteiger charge is -2.06. The minimum atomic E-state index is 0.793. The summed E-state index contributed by atoms with van der Waals surface area (Å²) in [4.78, 5) is 0. The molecule has 0 unspecified atom stereocenters. The van der Waals surface area contributed by atoms with E-state index in [0.29, 0.717) is 0 Å². The smallest absolute Gasteiger partial charge is 0.0439 e. The maximum atomic E-state index is 6.07. The van der Waals surface area contributed by atoms with Crippen LogP contribution in [-0.2, 0) is 6.42 Å². The maximum Gasteiger partial charge on any atom is 0.0439 e. The number of nitrogens with one attached hydrogen (secondary N) is 1. The quantitative estimate of drug-likeness (QED) is 0.596. The number of anilines is 1. The van der Waals surface area contributed by atoms with Crippen molar-refractivity contribution in [3.05, 3.63) is 28.8 Å². The molecule has 1 aromatic rings. The van der Waals surface area contributed by atoms with Crippen LogP contribution in [0.25, 0.3) is 0 Å². The van der Waals surface area contributed by atoms with Crippen LogP contribution in [0.2, 0.25) is 5.02 Å². The van der Waals surface area contributed by atoms with Crippen molar-refractivity contribution >= 4 is 17.3 Å². The number of hydrogen-bond acceptors (Lipinski definition) is 2. The Balaban J connectivity index is 1.78. The van der Waals surface area contributed by atoms with Crippen molar-refractivity contribution in [2.45, 2.75) is 31.7 Å². The van der Waals surface area contributed by atoms with Crippen molar-refractivity contribution in [1.29, 1.82) is 0 Å². The molecule has 0 spiro atoms. The van der Waals surface area contributed by atoms with Crippen LogP contribution in [0, 0.1) is 0 Å². The predicted molar refractivity (Wildman–Crippen MR) is 65.2 cm³/mol. The Morgan fingerprint density at radius 1 is 1.40 bits per heavy atom. The molecule has 0 aromatic heterocycles. The van der Waals surface area contributed by atoms with Gasteiger partial charge < -0.3 is 11.1 Å². The van der Waals surface area contributed by atoms with Crippen molar-refractivity contribution in [1.82, 2.24) is 5.32 Å². The predicted octanol–water partition coefficient (Wildman–Crippen LogP) is 2.61. The van der Waals surface area contributed by atoms with Gasteiger partial charge in [-0.2, -0.15) is 0 Å². The number of hydrogen-bond donors (Lipinski definition) is 2. The molecule has 1 aliphatic rings. The fourth-order valence-electron chi connectivity index (χ4n) is 1.66. The van der Waals surface area contributed by atoms with E-state index in [-0.39, 0.29) is 0 Å². The SMILES string of the molecule is Nc1ccc(Cl)c(CCCNC2CC2)c1. The number of benzene rings is 1. The topological polar surface area (TPSA) is 38.0 Å². The van der Waals surface area contributed by atoms with Crippen LogP contribution in [0.15, 0.2) is 18.2 Å². The van der Waals surface area contributed by atoms with Gasteiger partial charge in [0.15, 0.2) is 0 Å². The van der Waals surface area contributed by atoms with E-state index in [1.807, 2.05) is 18.2 Å². The molecule has 0 radical (unpaired) electrons. The summed E-state index contributed by atoms with van der Waals surface area (Å²) in [5.74, 6) is 0. The van der Waals surface area contributed by atoms with E-state index in [1.54, 1.807) is 0 Å². The van der Waals surface area contributed by atoms with Crippen molar-refractivity contribution < 1.29 is 0 Å². The van der Waals surface area contributed by atoms with Crippen molar-refractivity contribution in [2.24, 2.45) is 0 Å². The molecule has 0 atom stereocenters. The van der Waals surface area contributed by atoms with Gasteiger partial charge in [0.2, 0.25) is 0 Å². The van der Waals surface area contributed by atoms with Crippen LogP contribution >= 0.6 is 11.6 Å². The summed E-state index contributed by atoms with van der Waals surface area (Å²) in [5, 5.41) is 4.32. The highest BCUT2D eigenvalue weighted by molar-refractivity contribution is 6.31. The normalized spacial score (nSPS) is 15.5. The Hall–Kier alpha value is -0.730. The first-order valence-electron chi connectivity index (χ1n) is 5.53. The average molecular weight is 225 g/mol. The van der Waals surface area contributed by atoms with Crippen LogP contribution in [0.1, 0.15) is 24.8 Å². The minimum absolute atomic E-state index is 0.793. The lowest BCUT2D eigenvalue weighted by atomic mass is 10.1. The third-order valence-corrected chi connectivity index (χ3v) is 3.07. The first-order valence-corrected chi connectivity index (χ1v) is 5.91. The number of rotatable bonds is 5. The minimum Gasteiger partial charge on any atom is -0.399 e. The Morgan fingerprint density at radius 3 is 2.93 bits per heavy atom. The van der Waals surface area contributed by atoms with Crippen LogP contribution < -0.4 is 11.1 Å². The second-order valence-electron chi connectivity index (χ2n) is 4.18. The van der Waals surface area contributed by atoms with E-state index in [2.05, 4.69) is 5.32 Å². The molecule has 3 heteroatoms. The summed E-state index contributed by atoms with van der Waals surface area (Å²) in [6.45, 7) is 1.08. The highest BCUT2D eigenvalue weighted by atomic mass is 35.5. The molecule has 0 saturated heterocycles. The third kappa shape index (κ3) is 3.40. The first kappa shape index (κ1) is 10.8. The average Bonchev–Trinajstić information content (AvgIpc) is 3.01. The maximum absolute atomic E-state index is 6.07. The molecular weight excluding hydrogens is 208 g/mol. The molecule has 0 heterocycles. The zero-order valence-corrected chi connectivity index (χ0v) is 9.56. The monoisotopic (exact) mass is 224 g/mol. The second kappa shape index (κ2) is 4.86. The molecular formula is C12H17ClN2. The second-order valence-corrected chi connectivity index (χ2v) is 4.59. The first-order chi connectivity index (χ1) is 7.25. The van der Waals surface area contributed by atoms with Crippen LogP contribution in [0.3, 0.4) is 0 Å². The van der Waals surface area contributed by atoms with E-state index in [0.717, 1.165) is 41.7 Å². The third-order valence-electron chi connectivity index (χ3n) is 2.70. The number of halogens is 1. The summed E-state index contributed by atoms with van der Waals surface area (Å²) < 4.78 is 0. The van der Waals surface area contributed by atoms with Gasteiger partial charge in [-0.3, -0.25) is 0 Å². The van der Waals surface area contributed by atoms with E-state index < -0.39 is 0 Å². The Labute approximate surface area is 95.8 Å². The zero-order chi connectivity index (χ0) is 10.7. The van der Waals surface area contributed by atoms with E-state index in [9.17, 15) is 0 Å². The van der Waals surface area contributed by atoms with Gasteiger partial charge in [0.25, 0.3) is 0 Å². The van der Waals surface area contributed by atoms with E-state index in [1.165, 1.54) is 12.8 Å². The van der Waals surface area contributed by atoms with Gasteiger partial charge in [-0.05, 0) is 56.0 Å². The Kier molecular flexibility index (Phi) is 3.49. The zero-order valence-electron chi connectivity index (χ0n) is 8.80. The lowest BCUT2D eigenvalue weighted by molar-refractivity contribution is 0.646. The molecule has 1 saturated carbocycles. The molecule has 15 heavy (non-hydrogen) atoms. The number of aryl methyl sites for hydroxylation is 1. The number of nitrogens with two attached hydrogens (primary N) is 1. The van der Waals surface area contributed by atoms with Gasteiger partial charge >= 0.3 is 0 Å². The summed E-state index contributed by atoms with van der Waals surface area (Å²) in [6.07, 6.45) is 4.82. The molecule has 0 aliphatic heterocycles. The highest BCUT2D eigenvalue weighted by Gasteiger charge is 2.19. The number of nitrogen functional groups attached to an aromatic ring is 1. The van der Waals surface area contributed by atoms with Crippen molar-refractivity contribution in [3.8, 4) is 0 Å². The molecule has 1 fully saturated rings. The van der Waals surface area contributed by atoms with Crippen LogP contribution in [0.4, 0.5) is 5.69 Å². The fraction of sp³-hybridized carbons (Fsp3) is 0.500. The summed E-state index contributed by atoms with van der Waals surface area (Å²) in [6, 6.07) is 6.48. The largest absolute Gasteiger partial charge is 0.399 e. The Bertz CT molecular complexity index is 334. The molecule has 3 N–H and O–H groups in total. The molecule has 2 nitrogen and oxygen atoms in total. The van der Waals surface area contributed by atoms with Crippen LogP contribution in [0.5, 0.6) is 0 Å². The fourth-order valence-corrected chi connectivity index (χ4v) is 1.87. The van der Waals surface area contributed by atoms with Crippen molar-refractivity contribution in [3.63, 3.8) is 0 Å². The summed E-state index contributed by atoms with van der Waals surface area (Å²) in [5.41, 5.74) is 7.67. The van der Waals surface area contributed by atoms with Gasteiger partial charge in [0, 0.05) is 16.8 Å². The molecule has 1 aromatic carbocycles. The molecule has 0 bridgehead atoms. The van der Waals surface area contributed by atoms with Gasteiger partial charge in [-0.15, -0.1) is 0 Å². The lowest BCUT2D eigenvalue weighted by Crippen LogP contribution is -2.17. The summed E-state index contributed by atoms with van der Waals surface area (Å²) >= 11 is 6.07. The van der Waals surface area contributed by atoms with E-state index in [4.69, 9.17) is 17.3 Å². The highest BCUT2D eigenvalue weighted by Crippen LogP contribution is 2.21. The van der Waals surface area contributed by atoms with Crippen LogP contribution in [-0.4, -0.2) is 12.6 Å². The molecule has 2 rings (SSSR count). The molecule has 0 amide bonds. The van der Waals surface area contributed by atoms with Gasteiger partial charge in [-0.1, -0.05) is 11.6 Å². The van der Waals surface area contributed by atoms with Gasteiger partial charge in [0.05, 0.1) is 0 Å². The Morgan fingerprint density at radius 2 is 2.20 bits per heavy atom. The van der Waals surface area contributed by atoms with E-state index >= 15 is 0 Å². The summed E-state index contributed by atoms with van der Waals surface area (Å²) in [7, 11) is 0. The van der Waals surface area contributed by atoms with Gasteiger partial charge in [0.1, 0.15) is 0 Å². The standard InChI is InChI=1S/C12H17ClN2/c13-12-6-3-10(14)8-9(12)2-1-7-15-11-4-5-11/h3,6,8,11,15H,1-2,4-5,7,14H2. The van der Waals surface area contributed by atoms with Crippen molar-refractivity contribution in [2.75, 3.05) is 12.3 Å². The van der Waals surface area contributed by atoms with Gasteiger partial charge in [-0.25, -0.2) is 0 Å². The molecule has 82 valence electrons. The molecule has 1 aliphatic carbocycles.